The van der Waals surface area contributed by atoms with Crippen molar-refractivity contribution in [3.05, 3.63) is 29.8 Å². The summed E-state index contributed by atoms with van der Waals surface area (Å²) in [5.74, 6) is -1.37. The number of hydrogen-bond acceptors (Lipinski definition) is 2. The fourth-order valence-electron chi connectivity index (χ4n) is 0.457. The van der Waals surface area contributed by atoms with Gasteiger partial charge in [-0.05, 0) is 0 Å². The van der Waals surface area contributed by atoms with Crippen LogP contribution in [-0.2, 0) is 9.59 Å². The van der Waals surface area contributed by atoms with Gasteiger partial charge in [-0.25, -0.2) is 0 Å². The molecule has 0 fully saturated rings. The third-order valence-corrected chi connectivity index (χ3v) is 0.952. The van der Waals surface area contributed by atoms with Gasteiger partial charge in [0, 0.05) is 24.3 Å². The average molecular weight is 180 g/mol. The molecule has 0 spiro atoms. The second-order valence-corrected chi connectivity index (χ2v) is 2.00. The van der Waals surface area contributed by atoms with Crippen molar-refractivity contribution in [2.75, 3.05) is 0 Å². The van der Waals surface area contributed by atoms with Gasteiger partial charge in [0.05, 0.1) is 0 Å². The van der Waals surface area contributed by atoms with Crippen LogP contribution in [0.1, 0.15) is 0 Å². The van der Waals surface area contributed by atoms with Crippen molar-refractivity contribution in [1.29, 1.82) is 0 Å². The molecule has 6 nitrogen and oxygen atoms in total. The molecule has 0 unspecified atom stereocenters. The normalized spacial score (nSPS) is 10.2. The summed E-state index contributed by atoms with van der Waals surface area (Å²) in [6.07, 6.45) is 4.25. The molecule has 6 heteroatoms. The largest absolute Gasteiger partial charge is 0.366 e. The van der Waals surface area contributed by atoms with E-state index in [-0.39, 0.29) is 5.71 Å². The van der Waals surface area contributed by atoms with Gasteiger partial charge in [-0.1, -0.05) is 0 Å². The smallest absolute Gasteiger partial charge is 0.315 e. The Labute approximate surface area is 74.1 Å². The van der Waals surface area contributed by atoms with Crippen LogP contribution in [0.3, 0.4) is 0 Å². The lowest BCUT2D eigenvalue weighted by molar-refractivity contribution is -0.114. The predicted molar refractivity (Wildman–Crippen MR) is 45.3 cm³/mol. The van der Waals surface area contributed by atoms with Crippen molar-refractivity contribution >= 4 is 17.5 Å². The second-order valence-electron chi connectivity index (χ2n) is 2.00. The van der Waals surface area contributed by atoms with E-state index in [2.05, 4.69) is 4.79 Å². The van der Waals surface area contributed by atoms with E-state index in [1.54, 1.807) is 0 Å². The zero-order chi connectivity index (χ0) is 10.3. The molecular formula is C7H8N4O2. The van der Waals surface area contributed by atoms with Crippen LogP contribution in [0.5, 0.6) is 0 Å². The Morgan fingerprint density at radius 3 is 1.62 bits per heavy atom. The molecule has 4 N–H and O–H groups in total. The van der Waals surface area contributed by atoms with Gasteiger partial charge in [-0.2, -0.15) is 4.79 Å². The first kappa shape index (κ1) is 10.8. The molecule has 0 rings (SSSR count). The Morgan fingerprint density at radius 1 is 1.00 bits per heavy atom. The molecule has 0 atom stereocenters. The minimum Gasteiger partial charge on any atom is -0.366 e. The van der Waals surface area contributed by atoms with Gasteiger partial charge in [-0.3, -0.25) is 9.59 Å². The lowest BCUT2D eigenvalue weighted by Crippen LogP contribution is -2.08. The molecule has 0 heterocycles. The van der Waals surface area contributed by atoms with Crippen molar-refractivity contribution in [1.82, 2.24) is 0 Å². The minimum absolute atomic E-state index is 0.00222. The van der Waals surface area contributed by atoms with Crippen LogP contribution in [0.2, 0.25) is 0 Å². The maximum absolute atomic E-state index is 10.2. The molecule has 0 saturated heterocycles. The highest BCUT2D eigenvalue weighted by atomic mass is 16.1. The minimum atomic E-state index is -0.686. The molecule has 2 amide bonds. The van der Waals surface area contributed by atoms with E-state index < -0.39 is 11.8 Å². The summed E-state index contributed by atoms with van der Waals surface area (Å²) in [6.45, 7) is 0. The number of carbonyl (C=O) groups excluding carboxylic acids is 2. The molecule has 13 heavy (non-hydrogen) atoms. The first-order valence-electron chi connectivity index (χ1n) is 3.23. The van der Waals surface area contributed by atoms with Crippen LogP contribution in [-0.4, -0.2) is 22.3 Å². The molecule has 0 saturated carbocycles. The van der Waals surface area contributed by atoms with E-state index in [1.165, 1.54) is 0 Å². The monoisotopic (exact) mass is 180 g/mol. The van der Waals surface area contributed by atoms with Gasteiger partial charge in [0.15, 0.2) is 0 Å². The van der Waals surface area contributed by atoms with Gasteiger partial charge >= 0.3 is 5.71 Å². The van der Waals surface area contributed by atoms with Gasteiger partial charge < -0.3 is 17.0 Å². The zero-order valence-electron chi connectivity index (χ0n) is 6.68. The summed E-state index contributed by atoms with van der Waals surface area (Å²) < 4.78 is 0. The number of carbonyl (C=O) groups is 2. The lowest BCUT2D eigenvalue weighted by atomic mass is 10.3. The Morgan fingerprint density at radius 2 is 1.38 bits per heavy atom. The van der Waals surface area contributed by atoms with Crippen LogP contribution in [0.25, 0.3) is 5.53 Å². The number of nitrogens with zero attached hydrogens (tertiary/aromatic N) is 2. The quantitative estimate of drug-likeness (QED) is 0.242. The van der Waals surface area contributed by atoms with Gasteiger partial charge in [-0.15, -0.1) is 0 Å². The van der Waals surface area contributed by atoms with Gasteiger partial charge in [0.1, 0.15) is 0 Å². The summed E-state index contributed by atoms with van der Waals surface area (Å²) in [7, 11) is 0. The van der Waals surface area contributed by atoms with Crippen LogP contribution < -0.4 is 11.5 Å². The molecule has 0 aromatic heterocycles. The first-order chi connectivity index (χ1) is 6.06. The Balaban J connectivity index is 4.48. The van der Waals surface area contributed by atoms with Crippen molar-refractivity contribution < 1.29 is 14.4 Å². The Bertz CT molecular complexity index is 297. The van der Waals surface area contributed by atoms with Crippen LogP contribution in [0.15, 0.2) is 24.3 Å². The molecule has 0 aromatic rings. The number of primary amides is 2. The van der Waals surface area contributed by atoms with E-state index in [1.807, 2.05) is 0 Å². The fraction of sp³-hybridized carbons (Fsp3) is 0. The maximum atomic E-state index is 10.2. The summed E-state index contributed by atoms with van der Waals surface area (Å²) in [6, 6.07) is 0. The Hall–Kier alpha value is -2.20. The van der Waals surface area contributed by atoms with Crippen LogP contribution >= 0.6 is 0 Å². The summed E-state index contributed by atoms with van der Waals surface area (Å²) in [5, 5.41) is 0. The first-order valence-corrected chi connectivity index (χ1v) is 3.23. The molecule has 0 aliphatic rings. The van der Waals surface area contributed by atoms with E-state index in [9.17, 15) is 9.59 Å². The van der Waals surface area contributed by atoms with E-state index in [4.69, 9.17) is 17.0 Å². The lowest BCUT2D eigenvalue weighted by Gasteiger charge is -1.78. The third kappa shape index (κ3) is 6.21. The number of rotatable bonds is 4. The highest BCUT2D eigenvalue weighted by Gasteiger charge is 1.97. The topological polar surface area (TPSA) is 123 Å². The SMILES string of the molecule is [N-]=[N+]=C(C=CC(N)=O)C=CC(N)=O. The maximum Gasteiger partial charge on any atom is 0.315 e. The van der Waals surface area contributed by atoms with Crippen molar-refractivity contribution in [3.8, 4) is 0 Å². The number of nitrogens with two attached hydrogens (primary N) is 2. The van der Waals surface area contributed by atoms with Crippen molar-refractivity contribution in [2.24, 2.45) is 11.5 Å². The van der Waals surface area contributed by atoms with Crippen molar-refractivity contribution in [2.45, 2.75) is 0 Å². The van der Waals surface area contributed by atoms with E-state index >= 15 is 0 Å². The molecule has 0 aliphatic heterocycles. The van der Waals surface area contributed by atoms with Gasteiger partial charge in [0.2, 0.25) is 11.8 Å². The molecule has 0 bridgehead atoms. The molecule has 0 aromatic carbocycles. The second kappa shape index (κ2) is 5.45. The zero-order valence-corrected chi connectivity index (χ0v) is 6.68. The number of hydrogen-bond donors (Lipinski definition) is 2. The number of amides is 2. The number of allylic oxidation sites excluding steroid dienone is 2. The van der Waals surface area contributed by atoms with Crippen LogP contribution in [0.4, 0.5) is 0 Å². The summed E-state index contributed by atoms with van der Waals surface area (Å²) in [5.41, 5.74) is 17.9. The Kier molecular flexibility index (Phi) is 4.53. The fourth-order valence-corrected chi connectivity index (χ4v) is 0.457. The van der Waals surface area contributed by atoms with Gasteiger partial charge in [0.25, 0.3) is 0 Å². The summed E-state index contributed by atoms with van der Waals surface area (Å²) >= 11 is 0. The highest BCUT2D eigenvalue weighted by Crippen LogP contribution is 1.80. The van der Waals surface area contributed by atoms with E-state index in [0.717, 1.165) is 24.3 Å². The predicted octanol–water partition coefficient (Wildman–Crippen LogP) is -1.26. The molecular weight excluding hydrogens is 172 g/mol. The standard InChI is InChI=1S/C7H8N4O2/c8-6(12)3-1-5(11-10)2-4-7(9)13/h1-4H,(H2,8,12)(H2,9,13). The average Bonchev–Trinajstić information content (AvgIpc) is 2.04. The molecule has 0 radical (unpaired) electrons. The molecule has 68 valence electrons. The van der Waals surface area contributed by atoms with Crippen LogP contribution in [0, 0.1) is 0 Å². The molecule has 0 aliphatic carbocycles. The summed E-state index contributed by atoms with van der Waals surface area (Å²) in [4.78, 5) is 23.2. The van der Waals surface area contributed by atoms with Crippen molar-refractivity contribution in [3.63, 3.8) is 0 Å². The highest BCUT2D eigenvalue weighted by molar-refractivity contribution is 6.06. The third-order valence-electron chi connectivity index (χ3n) is 0.952. The van der Waals surface area contributed by atoms with E-state index in [0.29, 0.717) is 0 Å².